The van der Waals surface area contributed by atoms with Gasteiger partial charge < -0.3 is 9.84 Å². The Morgan fingerprint density at radius 3 is 2.60 bits per heavy atom. The average molecular weight is 274 g/mol. The van der Waals surface area contributed by atoms with Gasteiger partial charge in [-0.15, -0.1) is 0 Å². The first-order valence-corrected chi connectivity index (χ1v) is 7.14. The number of carbonyl (C=O) groups is 1. The lowest BCUT2D eigenvalue weighted by Crippen LogP contribution is -2.50. The van der Waals surface area contributed by atoms with Crippen LogP contribution in [0.25, 0.3) is 0 Å². The Hall–Kier alpha value is -1.61. The molecule has 0 aliphatic heterocycles. The molecule has 1 saturated carbocycles. The summed E-state index contributed by atoms with van der Waals surface area (Å²) in [6.07, 6.45) is 1.74. The fourth-order valence-corrected chi connectivity index (χ4v) is 2.86. The van der Waals surface area contributed by atoms with Crippen molar-refractivity contribution >= 4 is 5.97 Å². The van der Waals surface area contributed by atoms with Gasteiger partial charge in [0.2, 0.25) is 0 Å². The number of rotatable bonds is 6. The van der Waals surface area contributed by atoms with E-state index in [1.165, 1.54) is 5.56 Å². The molecule has 1 unspecified atom stereocenters. The van der Waals surface area contributed by atoms with Crippen LogP contribution in [0.2, 0.25) is 0 Å². The van der Waals surface area contributed by atoms with Crippen LogP contribution in [-0.2, 0) is 16.0 Å². The second-order valence-corrected chi connectivity index (χ2v) is 5.52. The Morgan fingerprint density at radius 2 is 2.05 bits per heavy atom. The largest absolute Gasteiger partial charge is 0.465 e. The minimum absolute atomic E-state index is 0.284. The first kappa shape index (κ1) is 14.8. The van der Waals surface area contributed by atoms with E-state index in [1.54, 1.807) is 6.92 Å². The lowest BCUT2D eigenvalue weighted by atomic mass is 9.61. The molecule has 1 aromatic rings. The number of hydrogen-bond donors (Lipinski definition) is 1. The third-order valence-electron chi connectivity index (χ3n) is 4.00. The molecule has 0 aromatic heterocycles. The van der Waals surface area contributed by atoms with Crippen LogP contribution in [0, 0.1) is 5.41 Å². The fourth-order valence-electron chi connectivity index (χ4n) is 2.86. The summed E-state index contributed by atoms with van der Waals surface area (Å²) in [6.45, 7) is 6.01. The Labute approximate surface area is 120 Å². The number of benzene rings is 1. The Balaban J connectivity index is 1.99. The van der Waals surface area contributed by atoms with Gasteiger partial charge in [0.05, 0.1) is 12.7 Å². The number of aliphatic hydroxyl groups excluding tert-OH is 1. The number of allylic oxidation sites excluding steroid dienone is 1. The highest BCUT2D eigenvalue weighted by Gasteiger charge is 2.52. The second-order valence-electron chi connectivity index (χ2n) is 5.52. The van der Waals surface area contributed by atoms with E-state index in [0.717, 1.165) is 12.0 Å². The van der Waals surface area contributed by atoms with Crippen LogP contribution in [0.15, 0.2) is 42.5 Å². The van der Waals surface area contributed by atoms with Crippen molar-refractivity contribution in [1.29, 1.82) is 0 Å². The van der Waals surface area contributed by atoms with Gasteiger partial charge in [0, 0.05) is 0 Å². The zero-order chi connectivity index (χ0) is 14.6. The topological polar surface area (TPSA) is 46.5 Å². The monoisotopic (exact) mass is 274 g/mol. The molecule has 0 radical (unpaired) electrons. The molecule has 2 rings (SSSR count). The first-order chi connectivity index (χ1) is 9.58. The van der Waals surface area contributed by atoms with E-state index in [2.05, 4.69) is 6.58 Å². The molecule has 0 bridgehead atoms. The summed E-state index contributed by atoms with van der Waals surface area (Å²) in [5.74, 6) is -0.284. The van der Waals surface area contributed by atoms with Gasteiger partial charge in [-0.3, -0.25) is 4.79 Å². The van der Waals surface area contributed by atoms with E-state index in [-0.39, 0.29) is 5.97 Å². The standard InChI is InChI=1S/C17H22O3/c1-3-20-16(19)17(11-13(2)12-17)15(18)10-9-14-7-5-4-6-8-14/h4-8,15,18H,2-3,9-12H2,1H3. The molecule has 20 heavy (non-hydrogen) atoms. The summed E-state index contributed by atoms with van der Waals surface area (Å²) in [5.41, 5.74) is 1.42. The van der Waals surface area contributed by atoms with E-state index in [4.69, 9.17) is 4.74 Å². The van der Waals surface area contributed by atoms with Crippen molar-refractivity contribution in [1.82, 2.24) is 0 Å². The molecule has 1 N–H and O–H groups in total. The molecule has 1 aromatic carbocycles. The van der Waals surface area contributed by atoms with E-state index >= 15 is 0 Å². The molecule has 3 nitrogen and oxygen atoms in total. The minimum Gasteiger partial charge on any atom is -0.465 e. The van der Waals surface area contributed by atoms with Crippen LogP contribution in [-0.4, -0.2) is 23.8 Å². The zero-order valence-electron chi connectivity index (χ0n) is 12.0. The number of carbonyl (C=O) groups excluding carboxylic acids is 1. The summed E-state index contributed by atoms with van der Waals surface area (Å²) in [6, 6.07) is 9.99. The Kier molecular flexibility index (Phi) is 4.61. The smallest absolute Gasteiger partial charge is 0.315 e. The van der Waals surface area contributed by atoms with Crippen molar-refractivity contribution in [2.24, 2.45) is 5.41 Å². The molecule has 0 saturated heterocycles. The van der Waals surface area contributed by atoms with Gasteiger partial charge in [-0.1, -0.05) is 42.5 Å². The van der Waals surface area contributed by atoms with Gasteiger partial charge in [0.1, 0.15) is 5.41 Å². The van der Waals surface area contributed by atoms with Gasteiger partial charge in [-0.2, -0.15) is 0 Å². The van der Waals surface area contributed by atoms with Gasteiger partial charge in [0.15, 0.2) is 0 Å². The van der Waals surface area contributed by atoms with Crippen molar-refractivity contribution < 1.29 is 14.6 Å². The molecule has 1 atom stereocenters. The molecule has 1 aliphatic rings. The van der Waals surface area contributed by atoms with Crippen LogP contribution >= 0.6 is 0 Å². The van der Waals surface area contributed by atoms with E-state index in [1.807, 2.05) is 30.3 Å². The van der Waals surface area contributed by atoms with E-state index in [0.29, 0.717) is 25.9 Å². The lowest BCUT2D eigenvalue weighted by molar-refractivity contribution is -0.167. The van der Waals surface area contributed by atoms with E-state index < -0.39 is 11.5 Å². The first-order valence-electron chi connectivity index (χ1n) is 7.14. The highest BCUT2D eigenvalue weighted by atomic mass is 16.5. The molecule has 1 aliphatic carbocycles. The molecule has 0 amide bonds. The molecular weight excluding hydrogens is 252 g/mol. The molecule has 0 spiro atoms. The highest BCUT2D eigenvalue weighted by molar-refractivity contribution is 5.80. The molecule has 108 valence electrons. The highest BCUT2D eigenvalue weighted by Crippen LogP contribution is 2.49. The third kappa shape index (κ3) is 2.93. The van der Waals surface area contributed by atoms with Gasteiger partial charge in [-0.25, -0.2) is 0 Å². The number of aryl methyl sites for hydroxylation is 1. The van der Waals surface area contributed by atoms with Crippen LogP contribution in [0.5, 0.6) is 0 Å². The number of esters is 1. The molecular formula is C17H22O3. The van der Waals surface area contributed by atoms with Crippen LogP contribution in [0.3, 0.4) is 0 Å². The summed E-state index contributed by atoms with van der Waals surface area (Å²) in [7, 11) is 0. The summed E-state index contributed by atoms with van der Waals surface area (Å²) in [4.78, 5) is 12.1. The maximum atomic E-state index is 12.1. The van der Waals surface area contributed by atoms with Crippen LogP contribution in [0.4, 0.5) is 0 Å². The lowest BCUT2D eigenvalue weighted by Gasteiger charge is -2.44. The molecule has 1 fully saturated rings. The van der Waals surface area contributed by atoms with Crippen molar-refractivity contribution in [3.63, 3.8) is 0 Å². The average Bonchev–Trinajstić information content (AvgIpc) is 2.42. The third-order valence-corrected chi connectivity index (χ3v) is 4.00. The quantitative estimate of drug-likeness (QED) is 0.641. The number of ether oxygens (including phenoxy) is 1. The van der Waals surface area contributed by atoms with Crippen molar-refractivity contribution in [3.8, 4) is 0 Å². The Bertz CT molecular complexity index is 470. The van der Waals surface area contributed by atoms with Gasteiger partial charge >= 0.3 is 5.97 Å². The molecule has 0 heterocycles. The van der Waals surface area contributed by atoms with Crippen molar-refractivity contribution in [2.75, 3.05) is 6.61 Å². The maximum Gasteiger partial charge on any atom is 0.315 e. The van der Waals surface area contributed by atoms with Gasteiger partial charge in [-0.05, 0) is 38.2 Å². The summed E-state index contributed by atoms with van der Waals surface area (Å²) >= 11 is 0. The fraction of sp³-hybridized carbons (Fsp3) is 0.471. The van der Waals surface area contributed by atoms with E-state index in [9.17, 15) is 9.90 Å². The number of hydrogen-bond acceptors (Lipinski definition) is 3. The van der Waals surface area contributed by atoms with Gasteiger partial charge in [0.25, 0.3) is 0 Å². The second kappa shape index (κ2) is 6.23. The minimum atomic E-state index is -0.762. The maximum absolute atomic E-state index is 12.1. The summed E-state index contributed by atoms with van der Waals surface area (Å²) < 4.78 is 5.13. The predicted octanol–water partition coefficient (Wildman–Crippen LogP) is 2.88. The van der Waals surface area contributed by atoms with Crippen molar-refractivity contribution in [2.45, 2.75) is 38.7 Å². The zero-order valence-corrected chi connectivity index (χ0v) is 12.0. The molecule has 3 heteroatoms. The van der Waals surface area contributed by atoms with Crippen molar-refractivity contribution in [3.05, 3.63) is 48.0 Å². The van der Waals surface area contributed by atoms with Crippen LogP contribution in [0.1, 0.15) is 31.7 Å². The summed E-state index contributed by atoms with van der Waals surface area (Å²) in [5, 5.41) is 10.5. The van der Waals surface area contributed by atoms with Crippen LogP contribution < -0.4 is 0 Å². The predicted molar refractivity (Wildman–Crippen MR) is 78.2 cm³/mol. The SMILES string of the molecule is C=C1CC(C(=O)OCC)(C(O)CCc2ccccc2)C1. The normalized spacial score (nSPS) is 18.2. The number of aliphatic hydroxyl groups is 1. The Morgan fingerprint density at radius 1 is 1.40 bits per heavy atom.